The van der Waals surface area contributed by atoms with Crippen LogP contribution in [0.25, 0.3) is 0 Å². The summed E-state index contributed by atoms with van der Waals surface area (Å²) in [5.41, 5.74) is 3.75. The lowest BCUT2D eigenvalue weighted by atomic mass is 9.99. The number of ether oxygens (including phenoxy) is 4. The standard InChI is InChI=1S/C28H26O8/c1-17(29)33-25-10-8-23(15-27(25)35-19(3)31)13-21-6-5-7-22(12-21)14-24-9-11-26(34-18(2)30)28(16-24)36-20(4)32/h5-12,15-16H,13-14H2,1-4H3. The molecule has 3 rings (SSSR count). The molecule has 0 aliphatic heterocycles. The molecule has 8 heteroatoms. The van der Waals surface area contributed by atoms with Crippen molar-refractivity contribution in [3.05, 3.63) is 82.9 Å². The minimum absolute atomic E-state index is 0.177. The zero-order valence-electron chi connectivity index (χ0n) is 20.5. The quantitative estimate of drug-likeness (QED) is 0.334. The molecular formula is C28H26O8. The van der Waals surface area contributed by atoms with E-state index in [1.807, 2.05) is 24.3 Å². The van der Waals surface area contributed by atoms with Crippen molar-refractivity contribution in [1.82, 2.24) is 0 Å². The number of hydrogen-bond donors (Lipinski definition) is 0. The van der Waals surface area contributed by atoms with E-state index >= 15 is 0 Å². The highest BCUT2D eigenvalue weighted by molar-refractivity contribution is 5.74. The van der Waals surface area contributed by atoms with E-state index in [-0.39, 0.29) is 23.0 Å². The van der Waals surface area contributed by atoms with E-state index in [1.54, 1.807) is 36.4 Å². The second kappa shape index (κ2) is 11.8. The molecule has 0 aliphatic rings. The molecule has 0 atom stereocenters. The third-order valence-corrected chi connectivity index (χ3v) is 4.84. The third-order valence-electron chi connectivity index (χ3n) is 4.84. The Bertz CT molecular complexity index is 1210. The zero-order chi connectivity index (χ0) is 26.2. The zero-order valence-corrected chi connectivity index (χ0v) is 20.5. The molecule has 0 N–H and O–H groups in total. The first-order chi connectivity index (χ1) is 17.1. The number of esters is 4. The van der Waals surface area contributed by atoms with Crippen molar-refractivity contribution in [2.24, 2.45) is 0 Å². The second-order valence-electron chi connectivity index (χ2n) is 8.11. The van der Waals surface area contributed by atoms with Gasteiger partial charge in [-0.15, -0.1) is 0 Å². The van der Waals surface area contributed by atoms with E-state index in [2.05, 4.69) is 0 Å². The van der Waals surface area contributed by atoms with Crippen molar-refractivity contribution in [3.63, 3.8) is 0 Å². The minimum Gasteiger partial charge on any atom is -0.423 e. The van der Waals surface area contributed by atoms with E-state index in [1.165, 1.54) is 27.7 Å². The normalized spacial score (nSPS) is 10.3. The topological polar surface area (TPSA) is 105 Å². The highest BCUT2D eigenvalue weighted by Gasteiger charge is 2.13. The first kappa shape index (κ1) is 26.2. The fourth-order valence-electron chi connectivity index (χ4n) is 3.59. The van der Waals surface area contributed by atoms with Gasteiger partial charge in [-0.25, -0.2) is 0 Å². The summed E-state index contributed by atoms with van der Waals surface area (Å²) in [4.78, 5) is 45.7. The van der Waals surface area contributed by atoms with Crippen molar-refractivity contribution >= 4 is 23.9 Å². The van der Waals surface area contributed by atoms with E-state index in [4.69, 9.17) is 18.9 Å². The first-order valence-electron chi connectivity index (χ1n) is 11.2. The predicted molar refractivity (Wildman–Crippen MR) is 130 cm³/mol. The van der Waals surface area contributed by atoms with Crippen LogP contribution in [-0.2, 0) is 32.0 Å². The molecule has 8 nitrogen and oxygen atoms in total. The SMILES string of the molecule is CC(=O)Oc1ccc(Cc2cccc(Cc3ccc(OC(C)=O)c(OC(C)=O)c3)c2)cc1OC(C)=O. The summed E-state index contributed by atoms with van der Waals surface area (Å²) < 4.78 is 20.7. The number of rotatable bonds is 8. The Kier molecular flexibility index (Phi) is 8.57. The van der Waals surface area contributed by atoms with Crippen molar-refractivity contribution in [1.29, 1.82) is 0 Å². The third kappa shape index (κ3) is 7.80. The molecule has 0 bridgehead atoms. The molecule has 36 heavy (non-hydrogen) atoms. The lowest BCUT2D eigenvalue weighted by Gasteiger charge is -2.12. The highest BCUT2D eigenvalue weighted by atomic mass is 16.6. The lowest BCUT2D eigenvalue weighted by Crippen LogP contribution is -2.07. The van der Waals surface area contributed by atoms with Crippen LogP contribution in [0.2, 0.25) is 0 Å². The number of hydrogen-bond acceptors (Lipinski definition) is 8. The molecule has 0 aliphatic carbocycles. The Hall–Kier alpha value is -4.46. The monoisotopic (exact) mass is 490 g/mol. The molecule has 3 aromatic carbocycles. The van der Waals surface area contributed by atoms with E-state index in [9.17, 15) is 19.2 Å². The molecule has 0 amide bonds. The van der Waals surface area contributed by atoms with Crippen LogP contribution in [0.3, 0.4) is 0 Å². The van der Waals surface area contributed by atoms with Crippen LogP contribution >= 0.6 is 0 Å². The Morgan fingerprint density at radius 3 is 1.17 bits per heavy atom. The van der Waals surface area contributed by atoms with E-state index in [0.717, 1.165) is 22.3 Å². The van der Waals surface area contributed by atoms with Gasteiger partial charge in [0.25, 0.3) is 0 Å². The largest absolute Gasteiger partial charge is 0.423 e. The van der Waals surface area contributed by atoms with Crippen molar-refractivity contribution in [2.75, 3.05) is 0 Å². The molecule has 186 valence electrons. The van der Waals surface area contributed by atoms with Crippen LogP contribution < -0.4 is 18.9 Å². The van der Waals surface area contributed by atoms with Gasteiger partial charge in [-0.2, -0.15) is 0 Å². The maximum atomic E-state index is 11.5. The Morgan fingerprint density at radius 2 is 0.806 bits per heavy atom. The van der Waals surface area contributed by atoms with Crippen molar-refractivity contribution in [3.8, 4) is 23.0 Å². The summed E-state index contributed by atoms with van der Waals surface area (Å²) in [7, 11) is 0. The Balaban J connectivity index is 1.81. The van der Waals surface area contributed by atoms with Crippen LogP contribution in [0.4, 0.5) is 0 Å². The van der Waals surface area contributed by atoms with Gasteiger partial charge in [0.05, 0.1) is 0 Å². The van der Waals surface area contributed by atoms with Crippen molar-refractivity contribution in [2.45, 2.75) is 40.5 Å². The number of benzene rings is 3. The van der Waals surface area contributed by atoms with Gasteiger partial charge in [0.15, 0.2) is 23.0 Å². The first-order valence-corrected chi connectivity index (χ1v) is 11.2. The minimum atomic E-state index is -0.518. The molecule has 0 unspecified atom stereocenters. The summed E-state index contributed by atoms with van der Waals surface area (Å²) in [6, 6.07) is 18.1. The maximum absolute atomic E-state index is 11.5. The van der Waals surface area contributed by atoms with Crippen molar-refractivity contribution < 1.29 is 38.1 Å². The highest BCUT2D eigenvalue weighted by Crippen LogP contribution is 2.31. The summed E-state index contributed by atoms with van der Waals surface area (Å²) in [6.45, 7) is 5.10. The van der Waals surface area contributed by atoms with E-state index in [0.29, 0.717) is 12.8 Å². The van der Waals surface area contributed by atoms with Gasteiger partial charge >= 0.3 is 23.9 Å². The molecular weight excluding hydrogens is 464 g/mol. The van der Waals surface area contributed by atoms with Gasteiger partial charge in [0, 0.05) is 27.7 Å². The smallest absolute Gasteiger partial charge is 0.308 e. The summed E-state index contributed by atoms with van der Waals surface area (Å²) >= 11 is 0. The van der Waals surface area contributed by atoms with Crippen LogP contribution in [0, 0.1) is 0 Å². The molecule has 0 aromatic heterocycles. The van der Waals surface area contributed by atoms with Gasteiger partial charge < -0.3 is 18.9 Å². The summed E-state index contributed by atoms with van der Waals surface area (Å²) in [5.74, 6) is -1.35. The van der Waals surface area contributed by atoms with Crippen LogP contribution in [-0.4, -0.2) is 23.9 Å². The van der Waals surface area contributed by atoms with Gasteiger partial charge in [0.2, 0.25) is 0 Å². The summed E-state index contributed by atoms with van der Waals surface area (Å²) in [5, 5.41) is 0. The fraction of sp³-hybridized carbons (Fsp3) is 0.214. The average Bonchev–Trinajstić information content (AvgIpc) is 2.76. The number of carbonyl (C=O) groups is 4. The molecule has 0 radical (unpaired) electrons. The average molecular weight is 491 g/mol. The molecule has 3 aromatic rings. The van der Waals surface area contributed by atoms with Gasteiger partial charge in [-0.3, -0.25) is 19.2 Å². The van der Waals surface area contributed by atoms with E-state index < -0.39 is 23.9 Å². The maximum Gasteiger partial charge on any atom is 0.308 e. The van der Waals surface area contributed by atoms with Crippen LogP contribution in [0.15, 0.2) is 60.7 Å². The van der Waals surface area contributed by atoms with Crippen LogP contribution in [0.1, 0.15) is 49.9 Å². The van der Waals surface area contributed by atoms with Gasteiger partial charge in [-0.05, 0) is 59.4 Å². The fourth-order valence-corrected chi connectivity index (χ4v) is 3.59. The Morgan fingerprint density at radius 1 is 0.472 bits per heavy atom. The molecule has 0 heterocycles. The van der Waals surface area contributed by atoms with Gasteiger partial charge in [-0.1, -0.05) is 36.4 Å². The number of carbonyl (C=O) groups excluding carboxylic acids is 4. The summed E-state index contributed by atoms with van der Waals surface area (Å²) in [6.07, 6.45) is 1.10. The van der Waals surface area contributed by atoms with Gasteiger partial charge in [0.1, 0.15) is 0 Å². The second-order valence-corrected chi connectivity index (χ2v) is 8.11. The molecule has 0 saturated heterocycles. The van der Waals surface area contributed by atoms with Crippen LogP contribution in [0.5, 0.6) is 23.0 Å². The lowest BCUT2D eigenvalue weighted by molar-refractivity contribution is -0.134. The molecule has 0 fully saturated rings. The molecule has 0 spiro atoms. The Labute approximate surface area is 208 Å². The predicted octanol–water partition coefficient (Wildman–Crippen LogP) is 4.57. The molecule has 0 saturated carbocycles.